The number of carbonyl (C=O) groups excluding carboxylic acids is 1. The molecule has 0 bridgehead atoms. The Morgan fingerprint density at radius 1 is 1.38 bits per heavy atom. The fourth-order valence-corrected chi connectivity index (χ4v) is 3.18. The Labute approximate surface area is 125 Å². The van der Waals surface area contributed by atoms with Crippen LogP contribution < -0.4 is 5.32 Å². The molecule has 1 aromatic carbocycles. The molecule has 1 aromatic heterocycles. The van der Waals surface area contributed by atoms with E-state index in [0.717, 1.165) is 25.7 Å². The molecule has 1 aliphatic rings. The van der Waals surface area contributed by atoms with Gasteiger partial charge >= 0.3 is 0 Å². The van der Waals surface area contributed by atoms with Crippen molar-refractivity contribution < 1.29 is 14.3 Å². The molecular weight excluding hydrogens is 293 g/mol. The van der Waals surface area contributed by atoms with E-state index < -0.39 is 17.3 Å². The quantitative estimate of drug-likeness (QED) is 0.657. The van der Waals surface area contributed by atoms with Gasteiger partial charge in [0.2, 0.25) is 0 Å². The first-order chi connectivity index (χ1) is 10.0. The summed E-state index contributed by atoms with van der Waals surface area (Å²) in [7, 11) is 0. The molecule has 0 unspecified atom stereocenters. The third-order valence-electron chi connectivity index (χ3n) is 4.08. The van der Waals surface area contributed by atoms with E-state index in [9.17, 15) is 14.3 Å². The monoisotopic (exact) mass is 309 g/mol. The number of aliphatic hydroxyl groups excluding tert-OH is 1. The van der Waals surface area contributed by atoms with Crippen LogP contribution in [0.1, 0.15) is 36.0 Å². The van der Waals surface area contributed by atoms with E-state index in [1.165, 1.54) is 12.1 Å². The summed E-state index contributed by atoms with van der Waals surface area (Å²) >= 11 is 4.99. The second-order valence-corrected chi connectivity index (χ2v) is 5.96. The van der Waals surface area contributed by atoms with Crippen molar-refractivity contribution in [2.45, 2.75) is 31.2 Å². The van der Waals surface area contributed by atoms with Crippen molar-refractivity contribution in [2.75, 3.05) is 6.61 Å². The average molecular weight is 309 g/mol. The van der Waals surface area contributed by atoms with Crippen LogP contribution in [0, 0.1) is 10.6 Å². The lowest BCUT2D eigenvalue weighted by molar-refractivity contribution is 0.0839. The van der Waals surface area contributed by atoms with Crippen molar-refractivity contribution in [3.63, 3.8) is 0 Å². The number of H-pyrrole nitrogens is 2. The number of imidazole rings is 1. The molecule has 1 aliphatic carbocycles. The van der Waals surface area contributed by atoms with Gasteiger partial charge in [0.05, 0.1) is 28.7 Å². The topological polar surface area (TPSA) is 80.9 Å². The third-order valence-corrected chi connectivity index (χ3v) is 4.28. The van der Waals surface area contributed by atoms with Gasteiger partial charge in [-0.25, -0.2) is 4.39 Å². The van der Waals surface area contributed by atoms with Gasteiger partial charge in [0.1, 0.15) is 5.82 Å². The first kappa shape index (κ1) is 14.2. The molecule has 1 amide bonds. The highest BCUT2D eigenvalue weighted by molar-refractivity contribution is 7.71. The summed E-state index contributed by atoms with van der Waals surface area (Å²) in [5.74, 6) is -0.914. The molecule has 3 rings (SSSR count). The summed E-state index contributed by atoms with van der Waals surface area (Å²) < 4.78 is 14.0. The minimum absolute atomic E-state index is 0.111. The number of fused-ring (bicyclic) bond motifs is 1. The first-order valence-electron chi connectivity index (χ1n) is 6.88. The van der Waals surface area contributed by atoms with Gasteiger partial charge in [0.15, 0.2) is 4.77 Å². The van der Waals surface area contributed by atoms with Crippen LogP contribution in [-0.4, -0.2) is 33.1 Å². The van der Waals surface area contributed by atoms with Gasteiger partial charge < -0.3 is 20.4 Å². The Kier molecular flexibility index (Phi) is 3.54. The van der Waals surface area contributed by atoms with Crippen molar-refractivity contribution in [2.24, 2.45) is 0 Å². The van der Waals surface area contributed by atoms with Gasteiger partial charge in [-0.05, 0) is 37.2 Å². The predicted molar refractivity (Wildman–Crippen MR) is 79.2 cm³/mol. The van der Waals surface area contributed by atoms with Gasteiger partial charge in [0.25, 0.3) is 5.91 Å². The fourth-order valence-electron chi connectivity index (χ4n) is 2.97. The second kappa shape index (κ2) is 5.23. The lowest BCUT2D eigenvalue weighted by Crippen LogP contribution is -2.49. The highest BCUT2D eigenvalue weighted by Gasteiger charge is 2.35. The summed E-state index contributed by atoms with van der Waals surface area (Å²) in [6, 6.07) is 2.46. The maximum absolute atomic E-state index is 13.7. The minimum atomic E-state index is -0.594. The molecule has 4 N–H and O–H groups in total. The SMILES string of the molecule is O=C(NC1(CO)CCCC1)c1cc(F)cc2[nH]c(=S)[nH]c12. The summed E-state index contributed by atoms with van der Waals surface area (Å²) in [5.41, 5.74) is 0.528. The number of carbonyl (C=O) groups is 1. The number of aromatic amines is 2. The number of amides is 1. The van der Waals surface area contributed by atoms with Crippen LogP contribution >= 0.6 is 12.2 Å². The molecular formula is C14H16FN3O2S. The molecule has 7 heteroatoms. The van der Waals surface area contributed by atoms with E-state index in [2.05, 4.69) is 15.3 Å². The molecule has 1 fully saturated rings. The van der Waals surface area contributed by atoms with Gasteiger partial charge in [0, 0.05) is 0 Å². The van der Waals surface area contributed by atoms with Crippen LogP contribution in [0.5, 0.6) is 0 Å². The minimum Gasteiger partial charge on any atom is -0.394 e. The second-order valence-electron chi connectivity index (χ2n) is 5.55. The molecule has 112 valence electrons. The lowest BCUT2D eigenvalue weighted by Gasteiger charge is -2.28. The van der Waals surface area contributed by atoms with Crippen molar-refractivity contribution >= 4 is 29.2 Å². The van der Waals surface area contributed by atoms with Crippen molar-refractivity contribution in [1.29, 1.82) is 0 Å². The maximum atomic E-state index is 13.7. The Balaban J connectivity index is 1.99. The van der Waals surface area contributed by atoms with E-state index in [1.807, 2.05) is 0 Å². The van der Waals surface area contributed by atoms with Gasteiger partial charge in [-0.15, -0.1) is 0 Å². The molecule has 0 atom stereocenters. The van der Waals surface area contributed by atoms with E-state index >= 15 is 0 Å². The smallest absolute Gasteiger partial charge is 0.254 e. The zero-order valence-corrected chi connectivity index (χ0v) is 12.1. The standard InChI is InChI=1S/C14H16FN3O2S/c15-8-5-9(11-10(6-8)16-13(21)17-11)12(20)18-14(7-19)3-1-2-4-14/h5-6,19H,1-4,7H2,(H,18,20)(H2,16,17,21). The summed E-state index contributed by atoms with van der Waals surface area (Å²) in [5, 5.41) is 12.4. The van der Waals surface area contributed by atoms with Gasteiger partial charge in [-0.3, -0.25) is 4.79 Å². The molecule has 0 radical (unpaired) electrons. The molecule has 2 aromatic rings. The summed E-state index contributed by atoms with van der Waals surface area (Å²) in [4.78, 5) is 18.1. The number of nitrogens with one attached hydrogen (secondary N) is 3. The molecule has 0 spiro atoms. The Hall–Kier alpha value is -1.73. The molecule has 1 heterocycles. The summed E-state index contributed by atoms with van der Waals surface area (Å²) in [6.45, 7) is -0.111. The first-order valence-corrected chi connectivity index (χ1v) is 7.29. The van der Waals surface area contributed by atoms with Crippen LogP contribution in [-0.2, 0) is 0 Å². The van der Waals surface area contributed by atoms with E-state index in [0.29, 0.717) is 15.8 Å². The lowest BCUT2D eigenvalue weighted by atomic mass is 9.98. The Bertz CT molecular complexity index is 746. The molecule has 21 heavy (non-hydrogen) atoms. The molecule has 5 nitrogen and oxygen atoms in total. The van der Waals surface area contributed by atoms with Gasteiger partial charge in [-0.1, -0.05) is 12.8 Å². The van der Waals surface area contributed by atoms with Crippen molar-refractivity contribution in [3.8, 4) is 0 Å². The number of rotatable bonds is 3. The fraction of sp³-hybridized carbons (Fsp3) is 0.429. The van der Waals surface area contributed by atoms with Crippen LogP contribution in [0.2, 0.25) is 0 Å². The molecule has 0 aliphatic heterocycles. The highest BCUT2D eigenvalue weighted by atomic mass is 32.1. The Morgan fingerprint density at radius 2 is 2.10 bits per heavy atom. The van der Waals surface area contributed by atoms with Crippen LogP contribution in [0.25, 0.3) is 11.0 Å². The van der Waals surface area contributed by atoms with Crippen molar-refractivity contribution in [3.05, 3.63) is 28.3 Å². The van der Waals surface area contributed by atoms with E-state index in [4.69, 9.17) is 12.2 Å². The number of hydrogen-bond acceptors (Lipinski definition) is 3. The predicted octanol–water partition coefficient (Wildman–Crippen LogP) is 2.40. The normalized spacial score (nSPS) is 17.2. The average Bonchev–Trinajstić information content (AvgIpc) is 3.04. The van der Waals surface area contributed by atoms with Crippen LogP contribution in [0.15, 0.2) is 12.1 Å². The van der Waals surface area contributed by atoms with E-state index in [1.54, 1.807) is 0 Å². The maximum Gasteiger partial charge on any atom is 0.254 e. The summed E-state index contributed by atoms with van der Waals surface area (Å²) in [6.07, 6.45) is 3.39. The Morgan fingerprint density at radius 3 is 2.76 bits per heavy atom. The molecule has 1 saturated carbocycles. The van der Waals surface area contributed by atoms with Gasteiger partial charge in [-0.2, -0.15) is 0 Å². The zero-order chi connectivity index (χ0) is 15.0. The van der Waals surface area contributed by atoms with Crippen LogP contribution in [0.3, 0.4) is 0 Å². The molecule has 0 saturated heterocycles. The van der Waals surface area contributed by atoms with Crippen molar-refractivity contribution in [1.82, 2.24) is 15.3 Å². The van der Waals surface area contributed by atoms with E-state index in [-0.39, 0.29) is 12.2 Å². The number of aromatic nitrogens is 2. The largest absolute Gasteiger partial charge is 0.394 e. The third kappa shape index (κ3) is 2.58. The number of benzene rings is 1. The highest BCUT2D eigenvalue weighted by Crippen LogP contribution is 2.30. The number of hydrogen-bond donors (Lipinski definition) is 4. The number of aliphatic hydroxyl groups is 1. The number of halogens is 1. The zero-order valence-electron chi connectivity index (χ0n) is 11.3. The van der Waals surface area contributed by atoms with Crippen LogP contribution in [0.4, 0.5) is 4.39 Å².